The number of aromatic nitrogens is 1. The van der Waals surface area contributed by atoms with E-state index in [9.17, 15) is 4.39 Å². The SMILES string of the molecule is CCCNCc1sc(-c2c(F)cccc2OC)nc1C. The summed E-state index contributed by atoms with van der Waals surface area (Å²) in [6.45, 7) is 5.82. The van der Waals surface area contributed by atoms with Crippen molar-refractivity contribution in [2.24, 2.45) is 0 Å². The van der Waals surface area contributed by atoms with Crippen molar-refractivity contribution in [3.05, 3.63) is 34.6 Å². The molecule has 0 aliphatic heterocycles. The minimum Gasteiger partial charge on any atom is -0.496 e. The molecule has 1 N–H and O–H groups in total. The highest BCUT2D eigenvalue weighted by Crippen LogP contribution is 2.36. The Balaban J connectivity index is 2.32. The highest BCUT2D eigenvalue weighted by Gasteiger charge is 2.17. The summed E-state index contributed by atoms with van der Waals surface area (Å²) in [5, 5.41) is 4.02. The third-order valence-electron chi connectivity index (χ3n) is 3.01. The summed E-state index contributed by atoms with van der Waals surface area (Å²) in [5.41, 5.74) is 1.39. The van der Waals surface area contributed by atoms with Gasteiger partial charge in [0.25, 0.3) is 0 Å². The third kappa shape index (κ3) is 3.16. The molecule has 1 aromatic carbocycles. The zero-order valence-electron chi connectivity index (χ0n) is 12.0. The molecule has 5 heteroatoms. The second kappa shape index (κ2) is 6.81. The van der Waals surface area contributed by atoms with E-state index in [2.05, 4.69) is 17.2 Å². The topological polar surface area (TPSA) is 34.1 Å². The van der Waals surface area contributed by atoms with Gasteiger partial charge in [-0.15, -0.1) is 11.3 Å². The van der Waals surface area contributed by atoms with Crippen molar-refractivity contribution in [1.82, 2.24) is 10.3 Å². The quantitative estimate of drug-likeness (QED) is 0.824. The number of benzene rings is 1. The van der Waals surface area contributed by atoms with Crippen molar-refractivity contribution < 1.29 is 9.13 Å². The van der Waals surface area contributed by atoms with E-state index < -0.39 is 0 Å². The number of hydrogen-bond donors (Lipinski definition) is 1. The Morgan fingerprint density at radius 3 is 2.90 bits per heavy atom. The lowest BCUT2D eigenvalue weighted by atomic mass is 10.2. The molecule has 2 aromatic rings. The number of thiazole rings is 1. The minimum atomic E-state index is -0.300. The summed E-state index contributed by atoms with van der Waals surface area (Å²) in [6, 6.07) is 4.83. The molecule has 0 fully saturated rings. The Labute approximate surface area is 122 Å². The van der Waals surface area contributed by atoms with E-state index in [1.165, 1.54) is 17.4 Å². The molecule has 0 spiro atoms. The normalized spacial score (nSPS) is 10.8. The molecule has 0 saturated carbocycles. The molecule has 0 bridgehead atoms. The van der Waals surface area contributed by atoms with Crippen molar-refractivity contribution in [2.75, 3.05) is 13.7 Å². The first-order chi connectivity index (χ1) is 9.67. The van der Waals surface area contributed by atoms with Gasteiger partial charge in [-0.25, -0.2) is 9.37 Å². The van der Waals surface area contributed by atoms with Crippen molar-refractivity contribution >= 4 is 11.3 Å². The molecule has 3 nitrogen and oxygen atoms in total. The molecule has 0 aliphatic rings. The van der Waals surface area contributed by atoms with Gasteiger partial charge in [-0.3, -0.25) is 0 Å². The van der Waals surface area contributed by atoms with Crippen LogP contribution < -0.4 is 10.1 Å². The highest BCUT2D eigenvalue weighted by atomic mass is 32.1. The molecule has 0 aliphatic carbocycles. The Bertz CT molecular complexity index is 583. The van der Waals surface area contributed by atoms with Crippen LogP contribution in [0.25, 0.3) is 10.6 Å². The fourth-order valence-electron chi connectivity index (χ4n) is 1.96. The highest BCUT2D eigenvalue weighted by molar-refractivity contribution is 7.15. The van der Waals surface area contributed by atoms with Gasteiger partial charge in [0.05, 0.1) is 18.4 Å². The van der Waals surface area contributed by atoms with Crippen LogP contribution in [0, 0.1) is 12.7 Å². The summed E-state index contributed by atoms with van der Waals surface area (Å²) in [5.74, 6) is 0.220. The van der Waals surface area contributed by atoms with Crippen LogP contribution in [0.1, 0.15) is 23.9 Å². The molecule has 0 atom stereocenters. The Kier molecular flexibility index (Phi) is 5.09. The van der Waals surface area contributed by atoms with Crippen LogP contribution >= 0.6 is 11.3 Å². The smallest absolute Gasteiger partial charge is 0.137 e. The summed E-state index contributed by atoms with van der Waals surface area (Å²) in [7, 11) is 1.54. The van der Waals surface area contributed by atoms with Gasteiger partial charge in [-0.05, 0) is 32.0 Å². The van der Waals surface area contributed by atoms with Gasteiger partial charge in [0.15, 0.2) is 0 Å². The molecule has 108 valence electrons. The number of ether oxygens (including phenoxy) is 1. The van der Waals surface area contributed by atoms with Gasteiger partial charge in [-0.2, -0.15) is 0 Å². The van der Waals surface area contributed by atoms with Gasteiger partial charge in [-0.1, -0.05) is 13.0 Å². The fourth-order valence-corrected chi connectivity index (χ4v) is 3.04. The number of halogens is 1. The van der Waals surface area contributed by atoms with Crippen LogP contribution in [0.2, 0.25) is 0 Å². The lowest BCUT2D eigenvalue weighted by molar-refractivity contribution is 0.413. The van der Waals surface area contributed by atoms with Crippen LogP contribution in [0.4, 0.5) is 4.39 Å². The van der Waals surface area contributed by atoms with E-state index in [-0.39, 0.29) is 5.82 Å². The fraction of sp³-hybridized carbons (Fsp3) is 0.400. The number of methoxy groups -OCH3 is 1. The first kappa shape index (κ1) is 14.9. The van der Waals surface area contributed by atoms with E-state index in [1.807, 2.05) is 6.92 Å². The maximum atomic E-state index is 14.0. The average Bonchev–Trinajstić information content (AvgIpc) is 2.79. The lowest BCUT2D eigenvalue weighted by Crippen LogP contribution is -2.13. The van der Waals surface area contributed by atoms with Gasteiger partial charge >= 0.3 is 0 Å². The maximum absolute atomic E-state index is 14.0. The summed E-state index contributed by atoms with van der Waals surface area (Å²) < 4.78 is 19.3. The monoisotopic (exact) mass is 294 g/mol. The standard InChI is InChI=1S/C15H19FN2OS/c1-4-8-17-9-13-10(2)18-15(20-13)14-11(16)6-5-7-12(14)19-3/h5-7,17H,4,8-9H2,1-3H3. The molecule has 0 amide bonds. The molecule has 0 radical (unpaired) electrons. The average molecular weight is 294 g/mol. The zero-order chi connectivity index (χ0) is 14.5. The van der Waals surface area contributed by atoms with Gasteiger partial charge in [0, 0.05) is 11.4 Å². The molecular weight excluding hydrogens is 275 g/mol. The van der Waals surface area contributed by atoms with E-state index in [4.69, 9.17) is 4.74 Å². The molecule has 1 heterocycles. The molecular formula is C15H19FN2OS. The van der Waals surface area contributed by atoms with Gasteiger partial charge in [0.1, 0.15) is 16.6 Å². The maximum Gasteiger partial charge on any atom is 0.137 e. The Morgan fingerprint density at radius 1 is 1.40 bits per heavy atom. The number of nitrogens with zero attached hydrogens (tertiary/aromatic N) is 1. The van der Waals surface area contributed by atoms with E-state index in [1.54, 1.807) is 19.2 Å². The molecule has 2 rings (SSSR count). The van der Waals surface area contributed by atoms with E-state index in [0.717, 1.165) is 30.1 Å². The molecule has 20 heavy (non-hydrogen) atoms. The van der Waals surface area contributed by atoms with Gasteiger partial charge in [0.2, 0.25) is 0 Å². The van der Waals surface area contributed by atoms with E-state index in [0.29, 0.717) is 16.3 Å². The van der Waals surface area contributed by atoms with Crippen molar-refractivity contribution in [3.63, 3.8) is 0 Å². The third-order valence-corrected chi connectivity index (χ3v) is 4.19. The van der Waals surface area contributed by atoms with Crippen molar-refractivity contribution in [1.29, 1.82) is 0 Å². The van der Waals surface area contributed by atoms with E-state index >= 15 is 0 Å². The number of hydrogen-bond acceptors (Lipinski definition) is 4. The molecule has 1 aromatic heterocycles. The lowest BCUT2D eigenvalue weighted by Gasteiger charge is -2.06. The predicted molar refractivity (Wildman–Crippen MR) is 80.8 cm³/mol. The zero-order valence-corrected chi connectivity index (χ0v) is 12.8. The van der Waals surface area contributed by atoms with Crippen LogP contribution in [0.3, 0.4) is 0 Å². The van der Waals surface area contributed by atoms with Gasteiger partial charge < -0.3 is 10.1 Å². The van der Waals surface area contributed by atoms with Crippen molar-refractivity contribution in [3.8, 4) is 16.3 Å². The molecule has 0 unspecified atom stereocenters. The number of aryl methyl sites for hydroxylation is 1. The summed E-state index contributed by atoms with van der Waals surface area (Å²) in [6.07, 6.45) is 1.09. The predicted octanol–water partition coefficient (Wildman–Crippen LogP) is 3.77. The second-order valence-electron chi connectivity index (χ2n) is 4.52. The first-order valence-electron chi connectivity index (χ1n) is 6.67. The largest absolute Gasteiger partial charge is 0.496 e. The van der Waals surface area contributed by atoms with Crippen LogP contribution in [0.5, 0.6) is 5.75 Å². The Hall–Kier alpha value is -1.46. The minimum absolute atomic E-state index is 0.300. The van der Waals surface area contributed by atoms with Crippen molar-refractivity contribution in [2.45, 2.75) is 26.8 Å². The Morgan fingerprint density at radius 2 is 2.20 bits per heavy atom. The molecule has 0 saturated heterocycles. The first-order valence-corrected chi connectivity index (χ1v) is 7.49. The second-order valence-corrected chi connectivity index (χ2v) is 5.61. The van der Waals surface area contributed by atoms with Crippen LogP contribution in [0.15, 0.2) is 18.2 Å². The number of rotatable bonds is 6. The summed E-state index contributed by atoms with van der Waals surface area (Å²) >= 11 is 1.51. The van der Waals surface area contributed by atoms with Crippen LogP contribution in [-0.2, 0) is 6.54 Å². The number of nitrogens with one attached hydrogen (secondary N) is 1. The summed E-state index contributed by atoms with van der Waals surface area (Å²) in [4.78, 5) is 5.63. The van der Waals surface area contributed by atoms with Crippen LogP contribution in [-0.4, -0.2) is 18.6 Å².